The molecule has 18 heavy (non-hydrogen) atoms. The Morgan fingerprint density at radius 1 is 1.11 bits per heavy atom. The monoisotopic (exact) mass is 251 g/mol. The van der Waals surface area contributed by atoms with Gasteiger partial charge < -0.3 is 20.3 Å². The van der Waals surface area contributed by atoms with Crippen molar-refractivity contribution < 1.29 is 4.74 Å². The van der Waals surface area contributed by atoms with Gasteiger partial charge in [0.2, 0.25) is 0 Å². The number of nitrogens with zero attached hydrogens (tertiary/aromatic N) is 2. The lowest BCUT2D eigenvalue weighted by atomic mass is 10.2. The van der Waals surface area contributed by atoms with Crippen molar-refractivity contribution in [2.24, 2.45) is 5.73 Å². The molecule has 0 aromatic heterocycles. The lowest BCUT2D eigenvalue weighted by molar-refractivity contribution is 0.222. The van der Waals surface area contributed by atoms with Gasteiger partial charge in [0, 0.05) is 26.2 Å². The second-order valence-electron chi connectivity index (χ2n) is 4.81. The fourth-order valence-electron chi connectivity index (χ4n) is 1.56. The highest BCUT2D eigenvalue weighted by Gasteiger charge is 2.00. The summed E-state index contributed by atoms with van der Waals surface area (Å²) in [5.74, 6) is 0.902. The van der Waals surface area contributed by atoms with E-state index in [1.54, 1.807) is 0 Å². The average Bonchev–Trinajstić information content (AvgIpc) is 2.36. The van der Waals surface area contributed by atoms with E-state index in [1.807, 2.05) is 24.3 Å². The number of ether oxygens (including phenoxy) is 1. The van der Waals surface area contributed by atoms with Crippen molar-refractivity contribution >= 4 is 0 Å². The average molecular weight is 251 g/mol. The predicted octanol–water partition coefficient (Wildman–Crippen LogP) is 1.02. The van der Waals surface area contributed by atoms with Gasteiger partial charge in [-0.05, 0) is 38.8 Å². The van der Waals surface area contributed by atoms with Crippen LogP contribution in [0, 0.1) is 0 Å². The summed E-state index contributed by atoms with van der Waals surface area (Å²) in [6.07, 6.45) is 0. The second-order valence-corrected chi connectivity index (χ2v) is 4.81. The summed E-state index contributed by atoms with van der Waals surface area (Å²) in [5.41, 5.74) is 6.70. The normalized spacial score (nSPS) is 11.2. The van der Waals surface area contributed by atoms with E-state index in [1.165, 1.54) is 0 Å². The highest BCUT2D eigenvalue weighted by Crippen LogP contribution is 2.12. The van der Waals surface area contributed by atoms with Crippen LogP contribution in [0.25, 0.3) is 0 Å². The maximum Gasteiger partial charge on any atom is 0.119 e. The topological polar surface area (TPSA) is 41.7 Å². The fraction of sp³-hybridized carbons (Fsp3) is 0.571. The quantitative estimate of drug-likeness (QED) is 0.749. The minimum absolute atomic E-state index is 0.555. The Hall–Kier alpha value is -1.10. The molecule has 1 aromatic rings. The summed E-state index contributed by atoms with van der Waals surface area (Å²) in [7, 11) is 6.29. The van der Waals surface area contributed by atoms with Gasteiger partial charge in [0.25, 0.3) is 0 Å². The van der Waals surface area contributed by atoms with Gasteiger partial charge in [0.1, 0.15) is 12.4 Å². The number of nitrogens with two attached hydrogens (primary N) is 1. The van der Waals surface area contributed by atoms with Gasteiger partial charge in [-0.25, -0.2) is 0 Å². The zero-order valence-corrected chi connectivity index (χ0v) is 11.7. The van der Waals surface area contributed by atoms with E-state index in [0.717, 1.165) is 30.9 Å². The van der Waals surface area contributed by atoms with Gasteiger partial charge in [0.15, 0.2) is 0 Å². The zero-order valence-electron chi connectivity index (χ0n) is 11.7. The van der Waals surface area contributed by atoms with Crippen molar-refractivity contribution in [2.45, 2.75) is 6.54 Å². The third kappa shape index (κ3) is 6.00. The standard InChI is InChI=1S/C14H25N3O/c1-16(2)7-8-17(3)9-10-18-14-6-4-5-13(11-14)12-15/h4-6,11H,7-10,12,15H2,1-3H3. The number of likely N-dealkylation sites (N-methyl/N-ethyl adjacent to an activating group) is 2. The summed E-state index contributed by atoms with van der Waals surface area (Å²) < 4.78 is 5.72. The van der Waals surface area contributed by atoms with Crippen LogP contribution in [-0.4, -0.2) is 57.2 Å². The van der Waals surface area contributed by atoms with Gasteiger partial charge in [-0.15, -0.1) is 0 Å². The smallest absolute Gasteiger partial charge is 0.119 e. The highest BCUT2D eigenvalue weighted by atomic mass is 16.5. The Morgan fingerprint density at radius 3 is 2.56 bits per heavy atom. The zero-order chi connectivity index (χ0) is 13.4. The van der Waals surface area contributed by atoms with E-state index in [2.05, 4.69) is 30.9 Å². The first kappa shape index (κ1) is 15.0. The Balaban J connectivity index is 2.24. The van der Waals surface area contributed by atoms with Gasteiger partial charge >= 0.3 is 0 Å². The van der Waals surface area contributed by atoms with Crippen molar-refractivity contribution in [1.82, 2.24) is 9.80 Å². The number of hydrogen-bond donors (Lipinski definition) is 1. The van der Waals surface area contributed by atoms with E-state index in [-0.39, 0.29) is 0 Å². The minimum atomic E-state index is 0.555. The molecule has 0 aliphatic carbocycles. The van der Waals surface area contributed by atoms with Gasteiger partial charge in [0.05, 0.1) is 0 Å². The summed E-state index contributed by atoms with van der Waals surface area (Å²) in [6.45, 7) is 4.32. The van der Waals surface area contributed by atoms with Gasteiger partial charge in [-0.1, -0.05) is 12.1 Å². The molecular formula is C14H25N3O. The first-order chi connectivity index (χ1) is 8.61. The van der Waals surface area contributed by atoms with Crippen LogP contribution in [-0.2, 0) is 6.54 Å². The molecule has 0 amide bonds. The SMILES string of the molecule is CN(C)CCN(C)CCOc1cccc(CN)c1. The molecule has 0 radical (unpaired) electrons. The molecule has 0 saturated carbocycles. The first-order valence-electron chi connectivity index (χ1n) is 6.37. The number of hydrogen-bond acceptors (Lipinski definition) is 4. The van der Waals surface area contributed by atoms with Gasteiger partial charge in [-0.3, -0.25) is 0 Å². The van der Waals surface area contributed by atoms with E-state index >= 15 is 0 Å². The van der Waals surface area contributed by atoms with E-state index in [0.29, 0.717) is 13.2 Å². The highest BCUT2D eigenvalue weighted by molar-refractivity contribution is 5.28. The molecule has 102 valence electrons. The van der Waals surface area contributed by atoms with Crippen LogP contribution in [0.5, 0.6) is 5.75 Å². The van der Waals surface area contributed by atoms with Crippen molar-refractivity contribution in [3.63, 3.8) is 0 Å². The van der Waals surface area contributed by atoms with E-state index in [9.17, 15) is 0 Å². The molecule has 0 fully saturated rings. The number of benzene rings is 1. The summed E-state index contributed by atoms with van der Waals surface area (Å²) in [4.78, 5) is 4.45. The first-order valence-corrected chi connectivity index (χ1v) is 6.37. The Kier molecular flexibility index (Phi) is 6.72. The van der Waals surface area contributed by atoms with Crippen molar-refractivity contribution in [1.29, 1.82) is 0 Å². The van der Waals surface area contributed by atoms with E-state index < -0.39 is 0 Å². The van der Waals surface area contributed by atoms with E-state index in [4.69, 9.17) is 10.5 Å². The maximum atomic E-state index is 5.72. The summed E-state index contributed by atoms with van der Waals surface area (Å²) in [6, 6.07) is 7.96. The molecule has 4 heteroatoms. The van der Waals surface area contributed by atoms with Gasteiger partial charge in [-0.2, -0.15) is 0 Å². The Labute approximate surface area is 110 Å². The Bertz CT molecular complexity index is 342. The molecule has 0 heterocycles. The number of rotatable bonds is 8. The second kappa shape index (κ2) is 8.08. The van der Waals surface area contributed by atoms with Crippen molar-refractivity contribution in [3.05, 3.63) is 29.8 Å². The lowest BCUT2D eigenvalue weighted by Crippen LogP contribution is -2.31. The van der Waals surface area contributed by atoms with Crippen LogP contribution >= 0.6 is 0 Å². The van der Waals surface area contributed by atoms with Crippen LogP contribution in [0.3, 0.4) is 0 Å². The molecule has 0 aliphatic heterocycles. The third-order valence-corrected chi connectivity index (χ3v) is 2.80. The molecule has 0 bridgehead atoms. The molecule has 0 spiro atoms. The van der Waals surface area contributed by atoms with Crippen LogP contribution in [0.1, 0.15) is 5.56 Å². The van der Waals surface area contributed by atoms with Crippen molar-refractivity contribution in [3.8, 4) is 5.75 Å². The molecule has 0 saturated heterocycles. The van der Waals surface area contributed by atoms with Crippen LogP contribution in [0.2, 0.25) is 0 Å². The van der Waals surface area contributed by atoms with Crippen molar-refractivity contribution in [2.75, 3.05) is 47.4 Å². The summed E-state index contributed by atoms with van der Waals surface area (Å²) in [5, 5.41) is 0. The molecular weight excluding hydrogens is 226 g/mol. The molecule has 0 atom stereocenters. The molecule has 1 rings (SSSR count). The maximum absolute atomic E-state index is 5.72. The third-order valence-electron chi connectivity index (χ3n) is 2.80. The summed E-state index contributed by atoms with van der Waals surface area (Å²) >= 11 is 0. The molecule has 0 unspecified atom stereocenters. The fourth-order valence-corrected chi connectivity index (χ4v) is 1.56. The minimum Gasteiger partial charge on any atom is -0.492 e. The van der Waals surface area contributed by atoms with Crippen LogP contribution < -0.4 is 10.5 Å². The van der Waals surface area contributed by atoms with Crippen LogP contribution in [0.4, 0.5) is 0 Å². The lowest BCUT2D eigenvalue weighted by Gasteiger charge is -2.19. The Morgan fingerprint density at radius 2 is 1.89 bits per heavy atom. The molecule has 0 aliphatic rings. The molecule has 2 N–H and O–H groups in total. The molecule has 4 nitrogen and oxygen atoms in total. The largest absolute Gasteiger partial charge is 0.492 e. The molecule has 1 aromatic carbocycles. The van der Waals surface area contributed by atoms with Crippen LogP contribution in [0.15, 0.2) is 24.3 Å². The predicted molar refractivity (Wildman–Crippen MR) is 75.9 cm³/mol.